The minimum absolute atomic E-state index is 0.0496. The van der Waals surface area contributed by atoms with Crippen molar-refractivity contribution in [1.82, 2.24) is 15.6 Å². The largest absolute Gasteiger partial charge is 0.481 e. The topological polar surface area (TPSA) is 77.2 Å². The summed E-state index contributed by atoms with van der Waals surface area (Å²) >= 11 is 0. The first-order valence-corrected chi connectivity index (χ1v) is 10.2. The normalized spacial score (nSPS) is 13.9. The summed E-state index contributed by atoms with van der Waals surface area (Å²) in [5.74, 6) is -0.905. The number of aromatic nitrogens is 1. The first kappa shape index (κ1) is 22.8. The lowest BCUT2D eigenvalue weighted by Crippen LogP contribution is -2.38. The van der Waals surface area contributed by atoms with Gasteiger partial charge in [-0.3, -0.25) is 4.79 Å². The summed E-state index contributed by atoms with van der Waals surface area (Å²) in [5, 5.41) is 16.6. The summed E-state index contributed by atoms with van der Waals surface area (Å²) in [7, 11) is 0. The van der Waals surface area contributed by atoms with E-state index in [4.69, 9.17) is 0 Å². The molecule has 3 aromatic rings. The maximum Gasteiger partial charge on any atom is 0.416 e. The Morgan fingerprint density at radius 1 is 1.06 bits per heavy atom. The molecule has 8 heteroatoms. The molecule has 1 heterocycles. The Morgan fingerprint density at radius 3 is 2.48 bits per heavy atom. The summed E-state index contributed by atoms with van der Waals surface area (Å²) < 4.78 is 39.7. The number of hydrogen-bond acceptors (Lipinski definition) is 3. The van der Waals surface area contributed by atoms with Gasteiger partial charge in [-0.25, -0.2) is 0 Å². The number of benzene rings is 2. The zero-order valence-electron chi connectivity index (χ0n) is 17.2. The van der Waals surface area contributed by atoms with Gasteiger partial charge in [0.15, 0.2) is 0 Å². The van der Waals surface area contributed by atoms with Crippen LogP contribution in [0, 0.1) is 0 Å². The predicted molar refractivity (Wildman–Crippen MR) is 114 cm³/mol. The van der Waals surface area contributed by atoms with Crippen molar-refractivity contribution in [2.45, 2.75) is 38.0 Å². The second-order valence-corrected chi connectivity index (χ2v) is 7.57. The van der Waals surface area contributed by atoms with E-state index in [-0.39, 0.29) is 18.0 Å². The number of para-hydroxylation sites is 1. The highest BCUT2D eigenvalue weighted by Crippen LogP contribution is 2.34. The lowest BCUT2D eigenvalue weighted by molar-refractivity contribution is -0.139. The summed E-state index contributed by atoms with van der Waals surface area (Å²) in [6, 6.07) is 12.5. The highest BCUT2D eigenvalue weighted by atomic mass is 19.4. The van der Waals surface area contributed by atoms with Gasteiger partial charge in [-0.2, -0.15) is 13.2 Å². The van der Waals surface area contributed by atoms with E-state index in [1.54, 1.807) is 13.0 Å². The third-order valence-corrected chi connectivity index (χ3v) is 5.30. The number of halogens is 3. The molecule has 4 N–H and O–H groups in total. The number of carboxylic acids is 1. The molecule has 1 unspecified atom stereocenters. The third-order valence-electron chi connectivity index (χ3n) is 5.30. The average Bonchev–Trinajstić information content (AvgIpc) is 3.13. The number of aliphatic carboxylic acids is 1. The number of aromatic amines is 1. The molecule has 0 bridgehead atoms. The van der Waals surface area contributed by atoms with E-state index >= 15 is 0 Å². The standard InChI is InChI=1S/C23H26F3N3O2/c1-15(18-6-2-4-8-20(18)23(24,25)26)27-10-11-28-17(13-22(30)31)12-16-14-29-21-9-5-3-7-19(16)21/h2-9,14-15,17,27-29H,10-13H2,1H3,(H,30,31)/t15?,17-/m1/s1. The summed E-state index contributed by atoms with van der Waals surface area (Å²) in [4.78, 5) is 14.5. The zero-order chi connectivity index (χ0) is 22.4. The van der Waals surface area contributed by atoms with Crippen LogP contribution in [-0.4, -0.2) is 35.2 Å². The number of H-pyrrole nitrogens is 1. The van der Waals surface area contributed by atoms with Crippen molar-refractivity contribution in [3.63, 3.8) is 0 Å². The maximum absolute atomic E-state index is 13.2. The molecule has 0 amide bonds. The lowest BCUT2D eigenvalue weighted by atomic mass is 10.0. The van der Waals surface area contributed by atoms with Crippen molar-refractivity contribution >= 4 is 16.9 Å². The van der Waals surface area contributed by atoms with Gasteiger partial charge in [-0.1, -0.05) is 36.4 Å². The molecule has 31 heavy (non-hydrogen) atoms. The second-order valence-electron chi connectivity index (χ2n) is 7.57. The second kappa shape index (κ2) is 9.98. The molecule has 166 valence electrons. The third kappa shape index (κ3) is 6.08. The molecule has 2 atom stereocenters. The first-order valence-electron chi connectivity index (χ1n) is 10.2. The fourth-order valence-electron chi connectivity index (χ4n) is 3.80. The van der Waals surface area contributed by atoms with Gasteiger partial charge in [-0.15, -0.1) is 0 Å². The number of hydrogen-bond donors (Lipinski definition) is 4. The molecule has 0 spiro atoms. The summed E-state index contributed by atoms with van der Waals surface area (Å²) in [6.07, 6.45) is -2.04. The van der Waals surface area contributed by atoms with E-state index in [1.165, 1.54) is 12.1 Å². The molecule has 0 saturated carbocycles. The highest BCUT2D eigenvalue weighted by Gasteiger charge is 2.34. The first-order chi connectivity index (χ1) is 14.8. The number of fused-ring (bicyclic) bond motifs is 1. The van der Waals surface area contributed by atoms with Gasteiger partial charge >= 0.3 is 12.1 Å². The molecule has 0 aliphatic carbocycles. The van der Waals surface area contributed by atoms with E-state index in [0.717, 1.165) is 22.5 Å². The molecule has 3 rings (SSSR count). The van der Waals surface area contributed by atoms with E-state index in [2.05, 4.69) is 15.6 Å². The molecule has 0 aliphatic heterocycles. The lowest BCUT2D eigenvalue weighted by Gasteiger charge is -2.21. The molecule has 0 saturated heterocycles. The highest BCUT2D eigenvalue weighted by molar-refractivity contribution is 5.83. The van der Waals surface area contributed by atoms with Crippen LogP contribution >= 0.6 is 0 Å². The Balaban J connectivity index is 1.57. The minimum atomic E-state index is -4.41. The Hall–Kier alpha value is -2.84. The molecule has 0 aliphatic rings. The van der Waals surface area contributed by atoms with Crippen LogP contribution in [0.3, 0.4) is 0 Å². The summed E-state index contributed by atoms with van der Waals surface area (Å²) in [6.45, 7) is 2.52. The van der Waals surface area contributed by atoms with Gasteiger partial charge in [0.2, 0.25) is 0 Å². The molecular formula is C23H26F3N3O2. The van der Waals surface area contributed by atoms with E-state index in [1.807, 2.05) is 30.5 Å². The van der Waals surface area contributed by atoms with Gasteiger partial charge in [-0.05, 0) is 36.6 Å². The van der Waals surface area contributed by atoms with E-state index in [9.17, 15) is 23.1 Å². The number of carbonyl (C=O) groups is 1. The minimum Gasteiger partial charge on any atom is -0.481 e. The van der Waals surface area contributed by atoms with Crippen molar-refractivity contribution in [1.29, 1.82) is 0 Å². The van der Waals surface area contributed by atoms with Crippen LogP contribution in [0.1, 0.15) is 36.1 Å². The van der Waals surface area contributed by atoms with Crippen molar-refractivity contribution < 1.29 is 23.1 Å². The van der Waals surface area contributed by atoms with Crippen molar-refractivity contribution in [2.24, 2.45) is 0 Å². The van der Waals surface area contributed by atoms with Crippen LogP contribution in [0.2, 0.25) is 0 Å². The fourth-order valence-corrected chi connectivity index (χ4v) is 3.80. The molecule has 0 radical (unpaired) electrons. The summed E-state index contributed by atoms with van der Waals surface area (Å²) in [5.41, 5.74) is 1.56. The van der Waals surface area contributed by atoms with Crippen molar-refractivity contribution in [3.05, 3.63) is 71.4 Å². The molecule has 2 aromatic carbocycles. The number of carboxylic acid groups (broad SMARTS) is 1. The van der Waals surface area contributed by atoms with Gasteiger partial charge in [0, 0.05) is 42.3 Å². The molecular weight excluding hydrogens is 407 g/mol. The molecule has 5 nitrogen and oxygen atoms in total. The number of nitrogens with one attached hydrogen (secondary N) is 3. The van der Waals surface area contributed by atoms with E-state index in [0.29, 0.717) is 19.5 Å². The van der Waals surface area contributed by atoms with Crippen molar-refractivity contribution in [3.8, 4) is 0 Å². The fraction of sp³-hybridized carbons (Fsp3) is 0.348. The van der Waals surface area contributed by atoms with Crippen molar-refractivity contribution in [2.75, 3.05) is 13.1 Å². The van der Waals surface area contributed by atoms with Gasteiger partial charge < -0.3 is 20.7 Å². The number of alkyl halides is 3. The average molecular weight is 433 g/mol. The van der Waals surface area contributed by atoms with Crippen LogP contribution in [0.15, 0.2) is 54.7 Å². The van der Waals surface area contributed by atoms with Crippen LogP contribution in [0.4, 0.5) is 13.2 Å². The monoisotopic (exact) mass is 433 g/mol. The Morgan fingerprint density at radius 2 is 1.74 bits per heavy atom. The van der Waals surface area contributed by atoms with Gasteiger partial charge in [0.05, 0.1) is 12.0 Å². The molecule has 1 aromatic heterocycles. The zero-order valence-corrected chi connectivity index (χ0v) is 17.2. The molecule has 0 fully saturated rings. The van der Waals surface area contributed by atoms with E-state index < -0.39 is 23.8 Å². The van der Waals surface area contributed by atoms with Crippen LogP contribution in [-0.2, 0) is 17.4 Å². The Kier molecular flexibility index (Phi) is 7.35. The maximum atomic E-state index is 13.2. The Bertz CT molecular complexity index is 1020. The smallest absolute Gasteiger partial charge is 0.416 e. The van der Waals surface area contributed by atoms with Crippen LogP contribution in [0.5, 0.6) is 0 Å². The SMILES string of the molecule is CC(NCCN[C@@H](CC(=O)O)Cc1c[nH]c2ccccc12)c1ccccc1C(F)(F)F. The quantitative estimate of drug-likeness (QED) is 0.355. The predicted octanol–water partition coefficient (Wildman–Crippen LogP) is 4.51. The van der Waals surface area contributed by atoms with Gasteiger partial charge in [0.1, 0.15) is 0 Å². The van der Waals surface area contributed by atoms with Gasteiger partial charge in [0.25, 0.3) is 0 Å². The van der Waals surface area contributed by atoms with Crippen LogP contribution < -0.4 is 10.6 Å². The van der Waals surface area contributed by atoms with Crippen LogP contribution in [0.25, 0.3) is 10.9 Å². The Labute approximate surface area is 178 Å². The number of rotatable bonds is 10.